The number of carbonyl (C=O) groups excluding carboxylic acids is 1. The maximum absolute atomic E-state index is 12.1. The van der Waals surface area contributed by atoms with Crippen LogP contribution in [0.3, 0.4) is 0 Å². The van der Waals surface area contributed by atoms with Crippen LogP contribution in [0.5, 0.6) is 0 Å². The van der Waals surface area contributed by atoms with Gasteiger partial charge in [0.1, 0.15) is 0 Å². The van der Waals surface area contributed by atoms with Crippen LogP contribution in [-0.2, 0) is 13.2 Å². The lowest BCUT2D eigenvalue weighted by atomic mass is 10.1. The number of pyridine rings is 1. The first kappa shape index (κ1) is 15.5. The lowest BCUT2D eigenvalue weighted by molar-refractivity contribution is 0.0950. The number of aliphatic hydroxyl groups is 1. The second-order valence-corrected chi connectivity index (χ2v) is 5.71. The van der Waals surface area contributed by atoms with Crippen molar-refractivity contribution in [2.45, 2.75) is 25.1 Å². The largest absolute Gasteiger partial charge is 0.392 e. The minimum Gasteiger partial charge on any atom is -0.392 e. The topological polar surface area (TPSA) is 62.2 Å². The Morgan fingerprint density at radius 3 is 2.62 bits per heavy atom. The van der Waals surface area contributed by atoms with E-state index in [0.29, 0.717) is 12.1 Å². The molecule has 5 heteroatoms. The second kappa shape index (κ2) is 7.81. The van der Waals surface area contributed by atoms with Crippen LogP contribution in [0, 0.1) is 0 Å². The average molecular weight is 302 g/mol. The highest BCUT2D eigenvalue weighted by Crippen LogP contribution is 2.14. The van der Waals surface area contributed by atoms with E-state index in [2.05, 4.69) is 17.2 Å². The van der Waals surface area contributed by atoms with Gasteiger partial charge in [-0.15, -0.1) is 11.8 Å². The molecule has 0 saturated heterocycles. The predicted octanol–water partition coefficient (Wildman–Crippen LogP) is 2.62. The number of benzene rings is 1. The number of aliphatic hydroxyl groups excluding tert-OH is 1. The molecule has 0 fully saturated rings. The van der Waals surface area contributed by atoms with E-state index in [1.807, 2.05) is 30.3 Å². The quantitative estimate of drug-likeness (QED) is 0.805. The van der Waals surface area contributed by atoms with Gasteiger partial charge in [0.25, 0.3) is 5.91 Å². The summed E-state index contributed by atoms with van der Waals surface area (Å²) in [6.45, 7) is 2.42. The maximum atomic E-state index is 12.1. The molecule has 1 heterocycles. The number of carbonyl (C=O) groups is 1. The molecule has 0 unspecified atom stereocenters. The summed E-state index contributed by atoms with van der Waals surface area (Å²) in [6, 6.07) is 11.1. The average Bonchev–Trinajstić information content (AvgIpc) is 2.54. The third-order valence-corrected chi connectivity index (χ3v) is 3.84. The van der Waals surface area contributed by atoms with E-state index in [1.54, 1.807) is 24.0 Å². The first-order chi connectivity index (χ1) is 10.2. The molecule has 0 aliphatic carbocycles. The number of aromatic nitrogens is 1. The predicted molar refractivity (Wildman–Crippen MR) is 84.2 cm³/mol. The third kappa shape index (κ3) is 4.31. The van der Waals surface area contributed by atoms with Gasteiger partial charge in [0.05, 0.1) is 17.2 Å². The van der Waals surface area contributed by atoms with Crippen LogP contribution in [0.15, 0.2) is 47.6 Å². The molecule has 1 aromatic carbocycles. The minimum atomic E-state index is -0.164. The van der Waals surface area contributed by atoms with Crippen LogP contribution in [0.25, 0.3) is 0 Å². The number of nitrogens with zero attached hydrogens (tertiary/aromatic N) is 1. The van der Waals surface area contributed by atoms with E-state index >= 15 is 0 Å². The zero-order valence-corrected chi connectivity index (χ0v) is 12.7. The molecule has 1 amide bonds. The van der Waals surface area contributed by atoms with Gasteiger partial charge in [-0.25, -0.2) is 4.98 Å². The highest BCUT2D eigenvalue weighted by Gasteiger charge is 2.07. The van der Waals surface area contributed by atoms with Gasteiger partial charge in [0.2, 0.25) is 0 Å². The van der Waals surface area contributed by atoms with Gasteiger partial charge < -0.3 is 10.4 Å². The summed E-state index contributed by atoms with van der Waals surface area (Å²) in [5, 5.41) is 13.0. The summed E-state index contributed by atoms with van der Waals surface area (Å²) in [7, 11) is 0. The Labute approximate surface area is 128 Å². The van der Waals surface area contributed by atoms with Crippen molar-refractivity contribution in [2.75, 3.05) is 5.75 Å². The molecule has 4 nitrogen and oxygen atoms in total. The van der Waals surface area contributed by atoms with Crippen molar-refractivity contribution in [1.29, 1.82) is 0 Å². The monoisotopic (exact) mass is 302 g/mol. The Morgan fingerprint density at radius 2 is 2.00 bits per heavy atom. The summed E-state index contributed by atoms with van der Waals surface area (Å²) in [5.74, 6) is 0.791. The molecule has 2 N–H and O–H groups in total. The van der Waals surface area contributed by atoms with E-state index in [9.17, 15) is 9.90 Å². The van der Waals surface area contributed by atoms with Crippen LogP contribution in [-0.4, -0.2) is 21.8 Å². The van der Waals surface area contributed by atoms with Gasteiger partial charge in [-0.1, -0.05) is 31.2 Å². The molecule has 0 radical (unpaired) electrons. The number of hydrogen-bond donors (Lipinski definition) is 2. The van der Waals surface area contributed by atoms with Crippen molar-refractivity contribution >= 4 is 17.7 Å². The number of amides is 1. The minimum absolute atomic E-state index is 0.0312. The zero-order valence-electron chi connectivity index (χ0n) is 11.9. The lowest BCUT2D eigenvalue weighted by Gasteiger charge is -2.09. The summed E-state index contributed by atoms with van der Waals surface area (Å²) in [5.41, 5.74) is 2.28. The Kier molecular flexibility index (Phi) is 5.78. The highest BCUT2D eigenvalue weighted by molar-refractivity contribution is 7.99. The highest BCUT2D eigenvalue weighted by atomic mass is 32.2. The van der Waals surface area contributed by atoms with Crippen LogP contribution in [0.2, 0.25) is 0 Å². The van der Waals surface area contributed by atoms with E-state index in [4.69, 9.17) is 0 Å². The van der Waals surface area contributed by atoms with Crippen molar-refractivity contribution in [3.8, 4) is 0 Å². The molecule has 0 aliphatic rings. The van der Waals surface area contributed by atoms with Crippen LogP contribution < -0.4 is 5.32 Å². The fourth-order valence-corrected chi connectivity index (χ4v) is 2.50. The maximum Gasteiger partial charge on any atom is 0.253 e. The van der Waals surface area contributed by atoms with E-state index in [-0.39, 0.29) is 12.5 Å². The van der Waals surface area contributed by atoms with Crippen LogP contribution >= 0.6 is 11.8 Å². The molecule has 2 aromatic rings. The van der Waals surface area contributed by atoms with Crippen molar-refractivity contribution in [1.82, 2.24) is 10.3 Å². The summed E-state index contributed by atoms with van der Waals surface area (Å²) >= 11 is 1.64. The Balaban J connectivity index is 1.98. The van der Waals surface area contributed by atoms with Gasteiger partial charge in [-0.2, -0.15) is 0 Å². The first-order valence-electron chi connectivity index (χ1n) is 6.79. The zero-order chi connectivity index (χ0) is 15.1. The van der Waals surface area contributed by atoms with Crippen molar-refractivity contribution in [3.05, 3.63) is 59.3 Å². The lowest BCUT2D eigenvalue weighted by Crippen LogP contribution is -2.23. The molecule has 110 valence electrons. The summed E-state index contributed by atoms with van der Waals surface area (Å²) < 4.78 is 0. The van der Waals surface area contributed by atoms with Gasteiger partial charge >= 0.3 is 0 Å². The first-order valence-corrected chi connectivity index (χ1v) is 7.78. The molecule has 0 atom stereocenters. The Bertz CT molecular complexity index is 599. The molecular formula is C16H18N2O2S. The van der Waals surface area contributed by atoms with E-state index in [0.717, 1.165) is 21.9 Å². The van der Waals surface area contributed by atoms with Gasteiger partial charge in [0.15, 0.2) is 0 Å². The van der Waals surface area contributed by atoms with Gasteiger partial charge in [-0.05, 0) is 29.0 Å². The smallest absolute Gasteiger partial charge is 0.253 e. The number of nitrogens with one attached hydrogen (secondary N) is 1. The van der Waals surface area contributed by atoms with Gasteiger partial charge in [-0.3, -0.25) is 4.79 Å². The van der Waals surface area contributed by atoms with Crippen molar-refractivity contribution < 1.29 is 9.90 Å². The van der Waals surface area contributed by atoms with Gasteiger partial charge in [0, 0.05) is 12.7 Å². The van der Waals surface area contributed by atoms with Crippen LogP contribution in [0.4, 0.5) is 0 Å². The molecule has 21 heavy (non-hydrogen) atoms. The normalized spacial score (nSPS) is 10.4. The standard InChI is InChI=1S/C16H18N2O2S/c1-2-21-15-8-7-13(10-17-15)16(20)18-9-12-5-3-4-6-14(12)11-19/h3-8,10,19H,2,9,11H2,1H3,(H,18,20). The fourth-order valence-electron chi connectivity index (χ4n) is 1.91. The Hall–Kier alpha value is -1.85. The molecule has 0 aliphatic heterocycles. The van der Waals surface area contributed by atoms with Crippen LogP contribution in [0.1, 0.15) is 28.4 Å². The van der Waals surface area contributed by atoms with E-state index in [1.165, 1.54) is 0 Å². The SMILES string of the molecule is CCSc1ccc(C(=O)NCc2ccccc2CO)cn1. The van der Waals surface area contributed by atoms with Crippen molar-refractivity contribution in [3.63, 3.8) is 0 Å². The number of hydrogen-bond acceptors (Lipinski definition) is 4. The Morgan fingerprint density at radius 1 is 1.24 bits per heavy atom. The number of rotatable bonds is 6. The van der Waals surface area contributed by atoms with Crippen molar-refractivity contribution in [2.24, 2.45) is 0 Å². The number of thioether (sulfide) groups is 1. The molecule has 1 aromatic heterocycles. The second-order valence-electron chi connectivity index (χ2n) is 4.43. The molecule has 0 saturated carbocycles. The summed E-state index contributed by atoms with van der Waals surface area (Å²) in [6.07, 6.45) is 1.59. The summed E-state index contributed by atoms with van der Waals surface area (Å²) in [4.78, 5) is 16.3. The van der Waals surface area contributed by atoms with E-state index < -0.39 is 0 Å². The molecule has 0 spiro atoms. The molecule has 2 rings (SSSR count). The molecular weight excluding hydrogens is 284 g/mol. The molecule has 0 bridgehead atoms. The third-order valence-electron chi connectivity index (χ3n) is 3.02. The fraction of sp³-hybridized carbons (Fsp3) is 0.250.